The number of hydrogen-bond donors (Lipinski definition) is 1. The summed E-state index contributed by atoms with van der Waals surface area (Å²) < 4.78 is 23.2. The van der Waals surface area contributed by atoms with Crippen molar-refractivity contribution in [2.24, 2.45) is 11.8 Å². The molecule has 19 heavy (non-hydrogen) atoms. The Morgan fingerprint density at radius 2 is 2.37 bits per heavy atom. The van der Waals surface area contributed by atoms with E-state index in [9.17, 15) is 8.42 Å². The minimum absolute atomic E-state index is 0.224. The Balaban J connectivity index is 2.11. The molecule has 1 saturated heterocycles. The van der Waals surface area contributed by atoms with Crippen LogP contribution in [0.1, 0.15) is 12.0 Å². The van der Waals surface area contributed by atoms with Gasteiger partial charge in [0.1, 0.15) is 0 Å². The third kappa shape index (κ3) is 3.91. The van der Waals surface area contributed by atoms with Gasteiger partial charge in [-0.05, 0) is 49.9 Å². The van der Waals surface area contributed by atoms with Crippen molar-refractivity contribution in [3.63, 3.8) is 0 Å². The zero-order valence-electron chi connectivity index (χ0n) is 11.0. The third-order valence-corrected chi connectivity index (χ3v) is 5.87. The molecular formula is C13H19ClN2O2S. The second-order valence-corrected chi connectivity index (χ2v) is 7.79. The second-order valence-electron chi connectivity index (χ2n) is 5.15. The van der Waals surface area contributed by atoms with Crippen LogP contribution in [0.25, 0.3) is 0 Å². The molecule has 0 radical (unpaired) electrons. The van der Waals surface area contributed by atoms with E-state index >= 15 is 0 Å². The number of sulfone groups is 1. The van der Waals surface area contributed by atoms with Crippen LogP contribution in [-0.4, -0.2) is 38.5 Å². The predicted octanol–water partition coefficient (Wildman–Crippen LogP) is 1.55. The van der Waals surface area contributed by atoms with Crippen LogP contribution in [-0.2, 0) is 16.3 Å². The van der Waals surface area contributed by atoms with Crippen LogP contribution in [0.2, 0.25) is 5.02 Å². The van der Waals surface area contributed by atoms with E-state index in [2.05, 4.69) is 10.3 Å². The minimum Gasteiger partial charge on any atom is -0.319 e. The summed E-state index contributed by atoms with van der Waals surface area (Å²) in [6.45, 7) is 0.804. The lowest BCUT2D eigenvalue weighted by Crippen LogP contribution is -2.28. The van der Waals surface area contributed by atoms with E-state index in [0.717, 1.165) is 24.9 Å². The Morgan fingerprint density at radius 1 is 1.58 bits per heavy atom. The summed E-state index contributed by atoms with van der Waals surface area (Å²) in [6, 6.07) is 1.91. The Hall–Kier alpha value is -0.650. The van der Waals surface area contributed by atoms with Gasteiger partial charge in [0.15, 0.2) is 9.84 Å². The van der Waals surface area contributed by atoms with Crippen LogP contribution in [0.5, 0.6) is 0 Å². The predicted molar refractivity (Wildman–Crippen MR) is 77.1 cm³/mol. The second kappa shape index (κ2) is 6.20. The molecule has 1 aromatic heterocycles. The van der Waals surface area contributed by atoms with Gasteiger partial charge in [0.05, 0.1) is 16.5 Å². The highest BCUT2D eigenvalue weighted by molar-refractivity contribution is 7.91. The van der Waals surface area contributed by atoms with Crippen LogP contribution in [0.3, 0.4) is 0 Å². The molecule has 2 rings (SSSR count). The van der Waals surface area contributed by atoms with Gasteiger partial charge in [-0.25, -0.2) is 8.42 Å². The quantitative estimate of drug-likeness (QED) is 0.896. The molecule has 1 fully saturated rings. The largest absolute Gasteiger partial charge is 0.319 e. The van der Waals surface area contributed by atoms with Gasteiger partial charge in [0, 0.05) is 12.4 Å². The zero-order chi connectivity index (χ0) is 13.9. The molecule has 2 unspecified atom stereocenters. The van der Waals surface area contributed by atoms with Crippen LogP contribution >= 0.6 is 11.6 Å². The fraction of sp³-hybridized carbons (Fsp3) is 0.615. The van der Waals surface area contributed by atoms with Crippen molar-refractivity contribution in [2.75, 3.05) is 25.1 Å². The van der Waals surface area contributed by atoms with Gasteiger partial charge in [0.25, 0.3) is 0 Å². The molecule has 1 aliphatic rings. The number of hydrogen-bond acceptors (Lipinski definition) is 4. The molecule has 0 aromatic carbocycles. The number of nitrogens with zero attached hydrogens (tertiary/aromatic N) is 1. The molecule has 0 aliphatic carbocycles. The highest BCUT2D eigenvalue weighted by Gasteiger charge is 2.33. The molecule has 0 bridgehead atoms. The molecule has 1 N–H and O–H groups in total. The van der Waals surface area contributed by atoms with Gasteiger partial charge in [-0.1, -0.05) is 11.6 Å². The molecule has 0 spiro atoms. The van der Waals surface area contributed by atoms with Gasteiger partial charge in [-0.2, -0.15) is 0 Å². The fourth-order valence-corrected chi connectivity index (χ4v) is 4.83. The molecule has 2 heterocycles. The minimum atomic E-state index is -2.83. The standard InChI is InChI=1S/C13H19ClN2O2S/c1-15-7-12(11-3-5-19(17,18)9-11)6-10-2-4-16-8-13(10)14/h2,4,8,11-12,15H,3,5-7,9H2,1H3. The first-order valence-electron chi connectivity index (χ1n) is 6.45. The van der Waals surface area contributed by atoms with E-state index in [1.807, 2.05) is 13.1 Å². The highest BCUT2D eigenvalue weighted by Crippen LogP contribution is 2.29. The summed E-state index contributed by atoms with van der Waals surface area (Å²) in [6.07, 6.45) is 4.92. The van der Waals surface area contributed by atoms with Crippen molar-refractivity contribution in [1.82, 2.24) is 10.3 Å². The maximum absolute atomic E-state index is 11.6. The molecule has 106 valence electrons. The molecular weight excluding hydrogens is 284 g/mol. The smallest absolute Gasteiger partial charge is 0.150 e. The summed E-state index contributed by atoms with van der Waals surface area (Å²) in [4.78, 5) is 3.98. The first kappa shape index (κ1) is 14.8. The van der Waals surface area contributed by atoms with Crippen molar-refractivity contribution in [3.05, 3.63) is 29.0 Å². The lowest BCUT2D eigenvalue weighted by molar-refractivity contribution is 0.352. The molecule has 2 atom stereocenters. The number of halogens is 1. The molecule has 6 heteroatoms. The average molecular weight is 303 g/mol. The van der Waals surface area contributed by atoms with Crippen LogP contribution in [0.15, 0.2) is 18.5 Å². The zero-order valence-corrected chi connectivity index (χ0v) is 12.5. The SMILES string of the molecule is CNCC(Cc1ccncc1Cl)C1CCS(=O)(=O)C1. The van der Waals surface area contributed by atoms with Crippen molar-refractivity contribution in [3.8, 4) is 0 Å². The lowest BCUT2D eigenvalue weighted by Gasteiger charge is -2.22. The van der Waals surface area contributed by atoms with E-state index in [-0.39, 0.29) is 5.92 Å². The van der Waals surface area contributed by atoms with E-state index < -0.39 is 9.84 Å². The van der Waals surface area contributed by atoms with Gasteiger partial charge >= 0.3 is 0 Å². The summed E-state index contributed by atoms with van der Waals surface area (Å²) >= 11 is 6.13. The summed E-state index contributed by atoms with van der Waals surface area (Å²) in [5.74, 6) is 1.15. The van der Waals surface area contributed by atoms with Crippen molar-refractivity contribution >= 4 is 21.4 Å². The van der Waals surface area contributed by atoms with Gasteiger partial charge in [0.2, 0.25) is 0 Å². The van der Waals surface area contributed by atoms with Gasteiger partial charge in [-0.15, -0.1) is 0 Å². The summed E-state index contributed by atoms with van der Waals surface area (Å²) in [5, 5.41) is 3.82. The van der Waals surface area contributed by atoms with Crippen LogP contribution in [0.4, 0.5) is 0 Å². The number of aromatic nitrogens is 1. The Morgan fingerprint density at radius 3 is 2.95 bits per heavy atom. The maximum atomic E-state index is 11.6. The molecule has 0 saturated carbocycles. The first-order chi connectivity index (χ1) is 9.02. The maximum Gasteiger partial charge on any atom is 0.150 e. The monoisotopic (exact) mass is 302 g/mol. The third-order valence-electron chi connectivity index (χ3n) is 3.74. The fourth-order valence-electron chi connectivity index (χ4n) is 2.72. The molecule has 1 aliphatic heterocycles. The summed E-state index contributed by atoms with van der Waals surface area (Å²) in [7, 11) is -0.941. The Labute approximate surface area is 119 Å². The highest BCUT2D eigenvalue weighted by atomic mass is 35.5. The van der Waals surface area contributed by atoms with Gasteiger partial charge in [-0.3, -0.25) is 4.98 Å². The van der Waals surface area contributed by atoms with Crippen molar-refractivity contribution in [1.29, 1.82) is 0 Å². The van der Waals surface area contributed by atoms with E-state index in [0.29, 0.717) is 22.4 Å². The number of nitrogens with one attached hydrogen (secondary N) is 1. The Kier molecular flexibility index (Phi) is 4.81. The van der Waals surface area contributed by atoms with E-state index in [4.69, 9.17) is 11.6 Å². The summed E-state index contributed by atoms with van der Waals surface area (Å²) in [5.41, 5.74) is 1.04. The van der Waals surface area contributed by atoms with Gasteiger partial charge < -0.3 is 5.32 Å². The normalized spacial score (nSPS) is 23.4. The average Bonchev–Trinajstić information content (AvgIpc) is 2.72. The topological polar surface area (TPSA) is 59.1 Å². The van der Waals surface area contributed by atoms with Crippen molar-refractivity contribution in [2.45, 2.75) is 12.8 Å². The Bertz CT molecular complexity index is 533. The van der Waals surface area contributed by atoms with Crippen LogP contribution in [0, 0.1) is 11.8 Å². The first-order valence-corrected chi connectivity index (χ1v) is 8.65. The van der Waals surface area contributed by atoms with E-state index in [1.54, 1.807) is 12.4 Å². The number of pyridine rings is 1. The van der Waals surface area contributed by atoms with E-state index in [1.165, 1.54) is 0 Å². The number of rotatable bonds is 5. The molecule has 0 amide bonds. The molecule has 4 nitrogen and oxygen atoms in total. The molecule has 1 aromatic rings. The van der Waals surface area contributed by atoms with Crippen molar-refractivity contribution < 1.29 is 8.42 Å². The lowest BCUT2D eigenvalue weighted by atomic mass is 9.86. The van der Waals surface area contributed by atoms with Crippen LogP contribution < -0.4 is 5.32 Å².